The minimum Gasteiger partial charge on any atom is -0.354 e. The van der Waals surface area contributed by atoms with Crippen LogP contribution in [0.1, 0.15) is 20.3 Å². The van der Waals surface area contributed by atoms with Gasteiger partial charge in [-0.2, -0.15) is 0 Å². The molecule has 1 fully saturated rings. The lowest BCUT2D eigenvalue weighted by Gasteiger charge is -2.29. The maximum atomic E-state index is 5.03. The molecule has 2 aliphatic heterocycles. The summed E-state index contributed by atoms with van der Waals surface area (Å²) in [6.45, 7) is 8.01. The van der Waals surface area contributed by atoms with Crippen molar-refractivity contribution in [3.63, 3.8) is 0 Å². The van der Waals surface area contributed by atoms with Gasteiger partial charge < -0.3 is 15.5 Å². The summed E-state index contributed by atoms with van der Waals surface area (Å²) >= 11 is 0. The summed E-state index contributed by atoms with van der Waals surface area (Å²) in [5, 5.41) is 6.86. The Morgan fingerprint density at radius 1 is 0.939 bits per heavy atom. The standard InChI is InChI=1S/C27H30N6/c1-3-24-19(2)29-27(32-24)30-23-17-25(31-26(18-23)33-15-13-28-14-16-33)22-11-9-21(10-12-22)20-7-5-4-6-8-20/h4-12,17-18,24,28H,3,13-16H2,1-2H3,(H,30,31,32). The van der Waals surface area contributed by atoms with E-state index in [1.807, 2.05) is 13.0 Å². The number of aromatic nitrogens is 1. The maximum absolute atomic E-state index is 5.03. The molecule has 0 radical (unpaired) electrons. The average molecular weight is 439 g/mol. The number of nitrogens with one attached hydrogen (secondary N) is 2. The van der Waals surface area contributed by atoms with Crippen LogP contribution in [0.4, 0.5) is 11.5 Å². The lowest BCUT2D eigenvalue weighted by atomic mass is 10.0. The van der Waals surface area contributed by atoms with Crippen molar-refractivity contribution < 1.29 is 0 Å². The fourth-order valence-corrected chi connectivity index (χ4v) is 4.34. The number of benzene rings is 2. The van der Waals surface area contributed by atoms with Crippen molar-refractivity contribution >= 4 is 23.2 Å². The van der Waals surface area contributed by atoms with Gasteiger partial charge in [0, 0.05) is 49.2 Å². The molecule has 1 atom stereocenters. The van der Waals surface area contributed by atoms with Crippen LogP contribution >= 0.6 is 0 Å². The summed E-state index contributed by atoms with van der Waals surface area (Å²) in [7, 11) is 0. The summed E-state index contributed by atoms with van der Waals surface area (Å²) in [6, 6.07) is 23.5. The molecule has 3 heterocycles. The van der Waals surface area contributed by atoms with E-state index < -0.39 is 0 Å². The lowest BCUT2D eigenvalue weighted by molar-refractivity contribution is 0.585. The van der Waals surface area contributed by atoms with Gasteiger partial charge in [-0.15, -0.1) is 0 Å². The summed E-state index contributed by atoms with van der Waals surface area (Å²) in [6.07, 6.45) is 0.960. The van der Waals surface area contributed by atoms with Gasteiger partial charge >= 0.3 is 0 Å². The van der Waals surface area contributed by atoms with Crippen LogP contribution in [0.5, 0.6) is 0 Å². The number of nitrogens with zero attached hydrogens (tertiary/aromatic N) is 4. The van der Waals surface area contributed by atoms with E-state index in [4.69, 9.17) is 9.98 Å². The van der Waals surface area contributed by atoms with Gasteiger partial charge in [-0.1, -0.05) is 61.5 Å². The van der Waals surface area contributed by atoms with Crippen LogP contribution in [0.2, 0.25) is 0 Å². The Labute approximate surface area is 195 Å². The van der Waals surface area contributed by atoms with E-state index in [1.54, 1.807) is 0 Å². The molecule has 6 heteroatoms. The number of aliphatic imine (C=N–C) groups is 2. The smallest absolute Gasteiger partial charge is 0.223 e. The first-order chi connectivity index (χ1) is 16.2. The molecule has 168 valence electrons. The normalized spacial score (nSPS) is 18.1. The zero-order chi connectivity index (χ0) is 22.6. The van der Waals surface area contributed by atoms with Crippen molar-refractivity contribution in [2.45, 2.75) is 26.3 Å². The number of guanidine groups is 1. The molecular formula is C27H30N6. The molecule has 1 saturated heterocycles. The first-order valence-electron chi connectivity index (χ1n) is 11.7. The van der Waals surface area contributed by atoms with E-state index in [1.165, 1.54) is 11.1 Å². The highest BCUT2D eigenvalue weighted by Crippen LogP contribution is 2.29. The van der Waals surface area contributed by atoms with Crippen LogP contribution in [0.3, 0.4) is 0 Å². The molecule has 0 bridgehead atoms. The second-order valence-electron chi connectivity index (χ2n) is 8.53. The molecule has 0 amide bonds. The fourth-order valence-electron chi connectivity index (χ4n) is 4.34. The van der Waals surface area contributed by atoms with Crippen LogP contribution in [0, 0.1) is 0 Å². The highest BCUT2D eigenvalue weighted by molar-refractivity contribution is 6.09. The van der Waals surface area contributed by atoms with Gasteiger partial charge in [-0.3, -0.25) is 0 Å². The third kappa shape index (κ3) is 4.81. The number of pyridine rings is 1. The predicted octanol–water partition coefficient (Wildman–Crippen LogP) is 4.85. The van der Waals surface area contributed by atoms with Gasteiger partial charge in [0.15, 0.2) is 0 Å². The Morgan fingerprint density at radius 2 is 1.64 bits per heavy atom. The fraction of sp³-hybridized carbons (Fsp3) is 0.296. The summed E-state index contributed by atoms with van der Waals surface area (Å²) < 4.78 is 0. The Bertz CT molecular complexity index is 1160. The molecule has 3 aromatic rings. The van der Waals surface area contributed by atoms with E-state index in [2.05, 4.69) is 88.1 Å². The third-order valence-electron chi connectivity index (χ3n) is 6.23. The zero-order valence-electron chi connectivity index (χ0n) is 19.3. The van der Waals surface area contributed by atoms with E-state index >= 15 is 0 Å². The van der Waals surface area contributed by atoms with Gasteiger partial charge in [-0.05, 0) is 30.5 Å². The molecule has 1 unspecified atom stereocenters. The number of piperazine rings is 1. The largest absolute Gasteiger partial charge is 0.354 e. The predicted molar refractivity (Wildman–Crippen MR) is 138 cm³/mol. The van der Waals surface area contributed by atoms with Gasteiger partial charge in [0.2, 0.25) is 5.96 Å². The maximum Gasteiger partial charge on any atom is 0.223 e. The number of hydrogen-bond acceptors (Lipinski definition) is 6. The summed E-state index contributed by atoms with van der Waals surface area (Å²) in [5.74, 6) is 1.66. The van der Waals surface area contributed by atoms with Crippen molar-refractivity contribution in [1.82, 2.24) is 10.3 Å². The molecule has 33 heavy (non-hydrogen) atoms. The Hall–Kier alpha value is -3.51. The van der Waals surface area contributed by atoms with E-state index in [0.717, 1.165) is 61.1 Å². The third-order valence-corrected chi connectivity index (χ3v) is 6.23. The molecule has 2 N–H and O–H groups in total. The second-order valence-corrected chi connectivity index (χ2v) is 8.53. The zero-order valence-corrected chi connectivity index (χ0v) is 19.3. The monoisotopic (exact) mass is 438 g/mol. The quantitative estimate of drug-likeness (QED) is 0.598. The second kappa shape index (κ2) is 9.55. The first kappa shape index (κ1) is 21.3. The molecule has 6 nitrogen and oxygen atoms in total. The van der Waals surface area contributed by atoms with Crippen LogP contribution in [0.25, 0.3) is 22.4 Å². The van der Waals surface area contributed by atoms with Crippen molar-refractivity contribution in [2.24, 2.45) is 9.98 Å². The van der Waals surface area contributed by atoms with E-state index in [0.29, 0.717) is 5.96 Å². The molecule has 2 aliphatic rings. The SMILES string of the molecule is CCC1N=C(Nc2cc(-c3ccc(-c4ccccc4)cc3)nc(N3CCNCC3)c2)N=C1C. The number of anilines is 2. The average Bonchev–Trinajstić information content (AvgIpc) is 3.23. The van der Waals surface area contributed by atoms with Crippen molar-refractivity contribution in [1.29, 1.82) is 0 Å². The minimum absolute atomic E-state index is 0.173. The summed E-state index contributed by atoms with van der Waals surface area (Å²) in [4.78, 5) is 16.7. The topological polar surface area (TPSA) is 64.9 Å². The van der Waals surface area contributed by atoms with Gasteiger partial charge in [0.1, 0.15) is 5.82 Å². The lowest BCUT2D eigenvalue weighted by Crippen LogP contribution is -2.43. The molecule has 5 rings (SSSR count). The van der Waals surface area contributed by atoms with Gasteiger partial charge in [0.25, 0.3) is 0 Å². The molecule has 0 saturated carbocycles. The van der Waals surface area contributed by atoms with Crippen molar-refractivity contribution in [3.8, 4) is 22.4 Å². The number of rotatable bonds is 5. The molecule has 1 aromatic heterocycles. The van der Waals surface area contributed by atoms with Crippen LogP contribution < -0.4 is 15.5 Å². The molecular weight excluding hydrogens is 408 g/mol. The Kier molecular flexibility index (Phi) is 6.17. The highest BCUT2D eigenvalue weighted by atomic mass is 15.2. The molecule has 0 aliphatic carbocycles. The van der Waals surface area contributed by atoms with Crippen LogP contribution in [-0.2, 0) is 0 Å². The van der Waals surface area contributed by atoms with Gasteiger partial charge in [0.05, 0.1) is 11.7 Å². The summed E-state index contributed by atoms with van der Waals surface area (Å²) in [5.41, 5.74) is 6.48. The number of hydrogen-bond donors (Lipinski definition) is 2. The molecule has 0 spiro atoms. The Balaban J connectivity index is 1.47. The first-order valence-corrected chi connectivity index (χ1v) is 11.7. The van der Waals surface area contributed by atoms with Crippen molar-refractivity contribution in [2.75, 3.05) is 36.4 Å². The minimum atomic E-state index is 0.173. The van der Waals surface area contributed by atoms with E-state index in [-0.39, 0.29) is 6.04 Å². The molecule has 2 aromatic carbocycles. The Morgan fingerprint density at radius 3 is 2.33 bits per heavy atom. The van der Waals surface area contributed by atoms with E-state index in [9.17, 15) is 0 Å². The van der Waals surface area contributed by atoms with Crippen molar-refractivity contribution in [3.05, 3.63) is 66.7 Å². The highest BCUT2D eigenvalue weighted by Gasteiger charge is 2.19. The van der Waals surface area contributed by atoms with Crippen LogP contribution in [0.15, 0.2) is 76.7 Å². The van der Waals surface area contributed by atoms with Crippen LogP contribution in [-0.4, -0.2) is 48.9 Å². The van der Waals surface area contributed by atoms with Gasteiger partial charge in [-0.25, -0.2) is 15.0 Å².